The molecule has 2 rings (SSSR count). The van der Waals surface area contributed by atoms with E-state index >= 15 is 0 Å². The number of rotatable bonds is 2. The summed E-state index contributed by atoms with van der Waals surface area (Å²) in [6.45, 7) is 12.7. The van der Waals surface area contributed by atoms with Crippen LogP contribution in [0.3, 0.4) is 0 Å². The fourth-order valence-electron chi connectivity index (χ4n) is 3.84. The molecule has 0 saturated carbocycles. The van der Waals surface area contributed by atoms with Crippen LogP contribution in [0.15, 0.2) is 17.1 Å². The maximum Gasteiger partial charge on any atom is 0.0619 e. The standard InChI is InChI=1S/C17H30N2/c1-6-16(4)12-17(5,7-2)18-11-10-14-9-8-13(3)19-15(14)16/h8-9,14-15,18H,6-7,10-12H2,1-5H3. The van der Waals surface area contributed by atoms with E-state index in [0.717, 1.165) is 6.54 Å². The minimum atomic E-state index is 0.264. The van der Waals surface area contributed by atoms with Crippen LogP contribution in [0.1, 0.15) is 60.3 Å². The van der Waals surface area contributed by atoms with Crippen molar-refractivity contribution < 1.29 is 0 Å². The van der Waals surface area contributed by atoms with Crippen LogP contribution in [0, 0.1) is 11.3 Å². The molecule has 1 fully saturated rings. The number of hydrogen-bond acceptors (Lipinski definition) is 2. The maximum atomic E-state index is 5.03. The number of aliphatic imine (C=N–C) groups is 1. The van der Waals surface area contributed by atoms with Crippen molar-refractivity contribution in [3.8, 4) is 0 Å². The number of dihydropyridines is 1. The Bertz CT molecular complexity index is 385. The molecule has 0 spiro atoms. The Hall–Kier alpha value is -0.630. The van der Waals surface area contributed by atoms with Crippen LogP contribution in [0.25, 0.3) is 0 Å². The second kappa shape index (κ2) is 5.40. The van der Waals surface area contributed by atoms with Gasteiger partial charge in [-0.25, -0.2) is 0 Å². The van der Waals surface area contributed by atoms with Gasteiger partial charge in [-0.05, 0) is 57.6 Å². The number of allylic oxidation sites excluding steroid dienone is 1. The fourth-order valence-corrected chi connectivity index (χ4v) is 3.84. The molecule has 0 aromatic carbocycles. The van der Waals surface area contributed by atoms with Gasteiger partial charge in [-0.3, -0.25) is 4.99 Å². The SMILES string of the molecule is CCC1(C)CC(C)(CC)C2N=C(C)C=CC2CCN1. The lowest BCUT2D eigenvalue weighted by Gasteiger charge is -2.48. The van der Waals surface area contributed by atoms with E-state index in [9.17, 15) is 0 Å². The van der Waals surface area contributed by atoms with Crippen molar-refractivity contribution in [1.82, 2.24) is 5.32 Å². The molecule has 2 heterocycles. The maximum absolute atomic E-state index is 5.03. The highest BCUT2D eigenvalue weighted by atomic mass is 15.0. The highest BCUT2D eigenvalue weighted by molar-refractivity contribution is 5.93. The van der Waals surface area contributed by atoms with E-state index < -0.39 is 0 Å². The minimum Gasteiger partial charge on any atom is -0.311 e. The summed E-state index contributed by atoms with van der Waals surface area (Å²) in [6.07, 6.45) is 9.44. The van der Waals surface area contributed by atoms with Gasteiger partial charge in [0.2, 0.25) is 0 Å². The minimum absolute atomic E-state index is 0.264. The number of fused-ring (bicyclic) bond motifs is 1. The molecule has 2 aliphatic heterocycles. The normalized spacial score (nSPS) is 43.1. The van der Waals surface area contributed by atoms with Crippen LogP contribution in [-0.2, 0) is 0 Å². The summed E-state index contributed by atoms with van der Waals surface area (Å²) in [4.78, 5) is 5.03. The lowest BCUT2D eigenvalue weighted by molar-refractivity contribution is 0.104. The zero-order chi connectivity index (χ0) is 14.1. The lowest BCUT2D eigenvalue weighted by Crippen LogP contribution is -2.53. The van der Waals surface area contributed by atoms with Crippen molar-refractivity contribution in [2.45, 2.75) is 71.9 Å². The van der Waals surface area contributed by atoms with Crippen LogP contribution in [-0.4, -0.2) is 23.8 Å². The van der Waals surface area contributed by atoms with Gasteiger partial charge in [0.15, 0.2) is 0 Å². The molecular formula is C17H30N2. The average molecular weight is 262 g/mol. The van der Waals surface area contributed by atoms with Gasteiger partial charge in [0, 0.05) is 17.2 Å². The van der Waals surface area contributed by atoms with Gasteiger partial charge in [-0.15, -0.1) is 0 Å². The van der Waals surface area contributed by atoms with E-state index in [2.05, 4.69) is 52.1 Å². The van der Waals surface area contributed by atoms with Gasteiger partial charge in [0.1, 0.15) is 0 Å². The Morgan fingerprint density at radius 1 is 1.32 bits per heavy atom. The van der Waals surface area contributed by atoms with Crippen molar-refractivity contribution >= 4 is 5.71 Å². The molecule has 0 aromatic heterocycles. The fraction of sp³-hybridized carbons (Fsp3) is 0.824. The first-order chi connectivity index (χ1) is 8.92. The van der Waals surface area contributed by atoms with Crippen molar-refractivity contribution in [3.05, 3.63) is 12.2 Å². The Labute approximate surface area is 118 Å². The predicted octanol–water partition coefficient (Wildman–Crippen LogP) is 3.97. The highest BCUT2D eigenvalue weighted by Crippen LogP contribution is 2.44. The smallest absolute Gasteiger partial charge is 0.0619 e. The molecule has 2 nitrogen and oxygen atoms in total. The topological polar surface area (TPSA) is 24.4 Å². The van der Waals surface area contributed by atoms with Crippen molar-refractivity contribution in [1.29, 1.82) is 0 Å². The van der Waals surface area contributed by atoms with Gasteiger partial charge >= 0.3 is 0 Å². The lowest BCUT2D eigenvalue weighted by atomic mass is 9.64. The molecule has 2 aliphatic rings. The van der Waals surface area contributed by atoms with E-state index in [0.29, 0.717) is 17.4 Å². The summed E-state index contributed by atoms with van der Waals surface area (Å²) >= 11 is 0. The molecule has 0 aromatic rings. The van der Waals surface area contributed by atoms with E-state index in [1.54, 1.807) is 0 Å². The summed E-state index contributed by atoms with van der Waals surface area (Å²) in [7, 11) is 0. The van der Waals surface area contributed by atoms with Gasteiger partial charge < -0.3 is 5.32 Å². The van der Waals surface area contributed by atoms with E-state index in [4.69, 9.17) is 4.99 Å². The van der Waals surface area contributed by atoms with Crippen molar-refractivity contribution in [3.63, 3.8) is 0 Å². The predicted molar refractivity (Wildman–Crippen MR) is 83.9 cm³/mol. The van der Waals surface area contributed by atoms with E-state index in [1.807, 2.05) is 0 Å². The van der Waals surface area contributed by atoms with Crippen LogP contribution < -0.4 is 5.32 Å². The van der Waals surface area contributed by atoms with Gasteiger partial charge in [-0.1, -0.05) is 26.8 Å². The largest absolute Gasteiger partial charge is 0.311 e. The third-order valence-electron chi connectivity index (χ3n) is 5.46. The third-order valence-corrected chi connectivity index (χ3v) is 5.46. The van der Waals surface area contributed by atoms with Crippen LogP contribution in [0.2, 0.25) is 0 Å². The molecule has 1 saturated heterocycles. The Morgan fingerprint density at radius 3 is 2.68 bits per heavy atom. The molecule has 19 heavy (non-hydrogen) atoms. The number of nitrogens with one attached hydrogen (secondary N) is 1. The monoisotopic (exact) mass is 262 g/mol. The number of hydrogen-bond donors (Lipinski definition) is 1. The zero-order valence-corrected chi connectivity index (χ0v) is 13.3. The molecule has 108 valence electrons. The number of nitrogens with zero attached hydrogens (tertiary/aromatic N) is 1. The first-order valence-electron chi connectivity index (χ1n) is 7.90. The molecule has 0 amide bonds. The average Bonchev–Trinajstić information content (AvgIpc) is 2.39. The highest BCUT2D eigenvalue weighted by Gasteiger charge is 2.43. The Kier molecular flexibility index (Phi) is 4.20. The summed E-state index contributed by atoms with van der Waals surface area (Å²) in [5.41, 5.74) is 1.77. The second-order valence-electron chi connectivity index (χ2n) is 7.05. The third kappa shape index (κ3) is 2.94. The summed E-state index contributed by atoms with van der Waals surface area (Å²) in [6, 6.07) is 0.468. The van der Waals surface area contributed by atoms with Gasteiger partial charge in [0.25, 0.3) is 0 Å². The molecule has 1 N–H and O–H groups in total. The van der Waals surface area contributed by atoms with Crippen LogP contribution >= 0.6 is 0 Å². The molecule has 4 atom stereocenters. The van der Waals surface area contributed by atoms with E-state index in [-0.39, 0.29) is 5.54 Å². The van der Waals surface area contributed by atoms with Crippen LogP contribution in [0.5, 0.6) is 0 Å². The quantitative estimate of drug-likeness (QED) is 0.800. The second-order valence-corrected chi connectivity index (χ2v) is 7.05. The van der Waals surface area contributed by atoms with Gasteiger partial charge in [0.05, 0.1) is 6.04 Å². The molecule has 2 heteroatoms. The van der Waals surface area contributed by atoms with E-state index in [1.165, 1.54) is 31.4 Å². The van der Waals surface area contributed by atoms with Crippen molar-refractivity contribution in [2.24, 2.45) is 16.3 Å². The Balaban J connectivity index is 2.33. The summed E-state index contributed by atoms with van der Waals surface area (Å²) in [5, 5.41) is 3.80. The van der Waals surface area contributed by atoms with Crippen LogP contribution in [0.4, 0.5) is 0 Å². The van der Waals surface area contributed by atoms with Crippen molar-refractivity contribution in [2.75, 3.05) is 6.54 Å². The molecule has 4 unspecified atom stereocenters. The first-order valence-corrected chi connectivity index (χ1v) is 7.90. The Morgan fingerprint density at radius 2 is 2.05 bits per heavy atom. The summed E-state index contributed by atoms with van der Waals surface area (Å²) < 4.78 is 0. The van der Waals surface area contributed by atoms with Gasteiger partial charge in [-0.2, -0.15) is 0 Å². The molecular weight excluding hydrogens is 232 g/mol. The molecule has 0 bridgehead atoms. The zero-order valence-electron chi connectivity index (χ0n) is 13.3. The molecule has 0 radical (unpaired) electrons. The molecule has 0 aliphatic carbocycles. The first kappa shape index (κ1) is 14.8. The summed E-state index contributed by atoms with van der Waals surface area (Å²) in [5.74, 6) is 0.613.